The minimum absolute atomic E-state index is 0.0151. The summed E-state index contributed by atoms with van der Waals surface area (Å²) in [4.78, 5) is 10.3. The van der Waals surface area contributed by atoms with Crippen molar-refractivity contribution >= 4 is 5.97 Å². The summed E-state index contributed by atoms with van der Waals surface area (Å²) in [6.45, 7) is 4.04. The zero-order valence-corrected chi connectivity index (χ0v) is 9.18. The summed E-state index contributed by atoms with van der Waals surface area (Å²) in [6, 6.07) is 0. The number of hydrogen-bond donors (Lipinski definition) is 1. The molecule has 0 radical (unpaired) electrons. The summed E-state index contributed by atoms with van der Waals surface area (Å²) in [6.07, 6.45) is 5.94. The average molecular weight is 196 g/mol. The maximum absolute atomic E-state index is 10.3. The zero-order valence-electron chi connectivity index (χ0n) is 9.18. The van der Waals surface area contributed by atoms with Gasteiger partial charge < -0.3 is 5.11 Å². The minimum Gasteiger partial charge on any atom is -0.481 e. The molecular formula is C12H20O2. The molecule has 1 unspecified atom stereocenters. The van der Waals surface area contributed by atoms with Gasteiger partial charge in [0.15, 0.2) is 0 Å². The second kappa shape index (κ2) is 8.62. The molecular weight excluding hydrogens is 176 g/mol. The summed E-state index contributed by atoms with van der Waals surface area (Å²) in [5, 5.41) is 8.49. The molecule has 2 nitrogen and oxygen atoms in total. The van der Waals surface area contributed by atoms with Crippen molar-refractivity contribution in [1.82, 2.24) is 0 Å². The lowest BCUT2D eigenvalue weighted by molar-refractivity contribution is -0.137. The molecule has 1 atom stereocenters. The Labute approximate surface area is 86.7 Å². The minimum atomic E-state index is -0.766. The van der Waals surface area contributed by atoms with E-state index in [0.29, 0.717) is 0 Å². The number of rotatable bonds is 6. The predicted octanol–water partition coefficient (Wildman–Crippen LogP) is 3.07. The van der Waals surface area contributed by atoms with Crippen molar-refractivity contribution in [2.45, 2.75) is 52.4 Å². The first-order valence-electron chi connectivity index (χ1n) is 5.37. The molecule has 0 spiro atoms. The van der Waals surface area contributed by atoms with Crippen molar-refractivity contribution in [3.63, 3.8) is 0 Å². The van der Waals surface area contributed by atoms with Gasteiger partial charge in [-0.2, -0.15) is 0 Å². The summed E-state index contributed by atoms with van der Waals surface area (Å²) in [5.74, 6) is 5.22. The molecule has 0 saturated carbocycles. The van der Waals surface area contributed by atoms with E-state index in [1.807, 2.05) is 6.92 Å². The van der Waals surface area contributed by atoms with Crippen molar-refractivity contribution < 1.29 is 9.90 Å². The maximum atomic E-state index is 10.3. The van der Waals surface area contributed by atoms with Crippen LogP contribution >= 0.6 is 0 Å². The quantitative estimate of drug-likeness (QED) is 0.523. The normalized spacial score (nSPS) is 11.6. The van der Waals surface area contributed by atoms with Gasteiger partial charge in [-0.15, -0.1) is 5.92 Å². The second-order valence-corrected chi connectivity index (χ2v) is 3.63. The van der Waals surface area contributed by atoms with Crippen LogP contribution in [0.3, 0.4) is 0 Å². The van der Waals surface area contributed by atoms with Crippen LogP contribution in [0.15, 0.2) is 0 Å². The fourth-order valence-electron chi connectivity index (χ4n) is 1.20. The van der Waals surface area contributed by atoms with Crippen LogP contribution in [0.4, 0.5) is 0 Å². The fourth-order valence-corrected chi connectivity index (χ4v) is 1.20. The van der Waals surface area contributed by atoms with Gasteiger partial charge in [-0.1, -0.05) is 39.0 Å². The lowest BCUT2D eigenvalue weighted by Gasteiger charge is -1.97. The van der Waals surface area contributed by atoms with E-state index in [9.17, 15) is 4.79 Å². The van der Waals surface area contributed by atoms with Crippen LogP contribution in [-0.4, -0.2) is 11.1 Å². The van der Waals surface area contributed by atoms with Gasteiger partial charge in [0.2, 0.25) is 0 Å². The van der Waals surface area contributed by atoms with E-state index in [0.717, 1.165) is 12.8 Å². The summed E-state index contributed by atoms with van der Waals surface area (Å²) in [7, 11) is 0. The van der Waals surface area contributed by atoms with E-state index >= 15 is 0 Å². The molecule has 0 aromatic carbocycles. The fraction of sp³-hybridized carbons (Fsp3) is 0.750. The molecule has 0 rings (SSSR count). The van der Waals surface area contributed by atoms with Gasteiger partial charge in [-0.05, 0) is 6.42 Å². The number of carboxylic acids is 1. The molecule has 0 amide bonds. The van der Waals surface area contributed by atoms with Gasteiger partial charge in [0.25, 0.3) is 0 Å². The summed E-state index contributed by atoms with van der Waals surface area (Å²) in [5.41, 5.74) is 0. The standard InChI is InChI=1S/C12H20O2/c1-3-4-5-6-7-8-9-11(2)10-12(13)14/h11H,3-7,10H2,1-2H3,(H,13,14). The smallest absolute Gasteiger partial charge is 0.304 e. The molecule has 0 fully saturated rings. The van der Waals surface area contributed by atoms with Crippen molar-refractivity contribution in [2.24, 2.45) is 5.92 Å². The Balaban J connectivity index is 3.45. The highest BCUT2D eigenvalue weighted by molar-refractivity contribution is 5.67. The maximum Gasteiger partial charge on any atom is 0.304 e. The first kappa shape index (κ1) is 13.0. The van der Waals surface area contributed by atoms with Crippen LogP contribution < -0.4 is 0 Å². The highest BCUT2D eigenvalue weighted by Crippen LogP contribution is 2.03. The van der Waals surface area contributed by atoms with Crippen LogP contribution in [0.5, 0.6) is 0 Å². The van der Waals surface area contributed by atoms with Crippen LogP contribution in [0.1, 0.15) is 52.4 Å². The Kier molecular flexibility index (Phi) is 8.02. The molecule has 0 aliphatic heterocycles. The third-order valence-electron chi connectivity index (χ3n) is 1.98. The van der Waals surface area contributed by atoms with E-state index < -0.39 is 5.97 Å². The number of carbonyl (C=O) groups is 1. The van der Waals surface area contributed by atoms with E-state index in [2.05, 4.69) is 18.8 Å². The highest BCUT2D eigenvalue weighted by atomic mass is 16.4. The Morgan fingerprint density at radius 2 is 2.07 bits per heavy atom. The van der Waals surface area contributed by atoms with Crippen molar-refractivity contribution in [1.29, 1.82) is 0 Å². The molecule has 80 valence electrons. The van der Waals surface area contributed by atoms with Gasteiger partial charge in [-0.25, -0.2) is 0 Å². The van der Waals surface area contributed by atoms with Crippen LogP contribution in [0.2, 0.25) is 0 Å². The lowest BCUT2D eigenvalue weighted by atomic mass is 10.1. The topological polar surface area (TPSA) is 37.3 Å². The van der Waals surface area contributed by atoms with Gasteiger partial charge in [0, 0.05) is 12.3 Å². The van der Waals surface area contributed by atoms with E-state index in [1.165, 1.54) is 19.3 Å². The molecule has 0 saturated heterocycles. The number of carboxylic acid groups (broad SMARTS) is 1. The highest BCUT2D eigenvalue weighted by Gasteiger charge is 2.02. The summed E-state index contributed by atoms with van der Waals surface area (Å²) < 4.78 is 0. The van der Waals surface area contributed by atoms with Crippen LogP contribution in [0.25, 0.3) is 0 Å². The first-order valence-corrected chi connectivity index (χ1v) is 5.37. The molecule has 0 aliphatic rings. The Morgan fingerprint density at radius 3 is 2.64 bits per heavy atom. The second-order valence-electron chi connectivity index (χ2n) is 3.63. The molecule has 0 aromatic rings. The van der Waals surface area contributed by atoms with Crippen LogP contribution in [-0.2, 0) is 4.79 Å². The Hall–Kier alpha value is -0.970. The average Bonchev–Trinajstić information content (AvgIpc) is 2.10. The Morgan fingerprint density at radius 1 is 1.36 bits per heavy atom. The van der Waals surface area contributed by atoms with Gasteiger partial charge in [-0.3, -0.25) is 4.79 Å². The molecule has 0 heterocycles. The molecule has 0 bridgehead atoms. The number of unbranched alkanes of at least 4 members (excludes halogenated alkanes) is 4. The van der Waals surface area contributed by atoms with Crippen molar-refractivity contribution in [3.05, 3.63) is 0 Å². The van der Waals surface area contributed by atoms with Gasteiger partial charge >= 0.3 is 5.97 Å². The third-order valence-corrected chi connectivity index (χ3v) is 1.98. The predicted molar refractivity (Wildman–Crippen MR) is 58.0 cm³/mol. The first-order chi connectivity index (χ1) is 6.66. The lowest BCUT2D eigenvalue weighted by Crippen LogP contribution is -2.01. The number of aliphatic carboxylic acids is 1. The number of hydrogen-bond acceptors (Lipinski definition) is 1. The zero-order chi connectivity index (χ0) is 10.8. The molecule has 0 aromatic heterocycles. The summed E-state index contributed by atoms with van der Waals surface area (Å²) >= 11 is 0. The van der Waals surface area contributed by atoms with E-state index in [4.69, 9.17) is 5.11 Å². The van der Waals surface area contributed by atoms with Crippen LogP contribution in [0, 0.1) is 17.8 Å². The van der Waals surface area contributed by atoms with E-state index in [-0.39, 0.29) is 12.3 Å². The monoisotopic (exact) mass is 196 g/mol. The van der Waals surface area contributed by atoms with Gasteiger partial charge in [0.1, 0.15) is 0 Å². The van der Waals surface area contributed by atoms with Crippen molar-refractivity contribution in [2.75, 3.05) is 0 Å². The van der Waals surface area contributed by atoms with Gasteiger partial charge in [0.05, 0.1) is 6.42 Å². The third kappa shape index (κ3) is 9.12. The molecule has 2 heteroatoms. The molecule has 0 aliphatic carbocycles. The van der Waals surface area contributed by atoms with E-state index in [1.54, 1.807) is 0 Å². The molecule has 1 N–H and O–H groups in total. The van der Waals surface area contributed by atoms with Crippen molar-refractivity contribution in [3.8, 4) is 11.8 Å². The SMILES string of the molecule is CCCCCCC#CC(C)CC(=O)O. The largest absolute Gasteiger partial charge is 0.481 e. The Bertz CT molecular complexity index is 210. The molecule has 14 heavy (non-hydrogen) atoms.